The minimum absolute atomic E-state index is 0.308. The third-order valence-corrected chi connectivity index (χ3v) is 0.737. The van der Waals surface area contributed by atoms with Crippen molar-refractivity contribution in [2.24, 2.45) is 0 Å². The predicted octanol–water partition coefficient (Wildman–Crippen LogP) is 1.08. The summed E-state index contributed by atoms with van der Waals surface area (Å²) in [5.74, 6) is 0. The summed E-state index contributed by atoms with van der Waals surface area (Å²) < 4.78 is 26.7. The maximum absolute atomic E-state index is 11.4. The number of hydrogen-bond acceptors (Lipinski definition) is 3. The molecular formula is C5H4F2N2O. The Morgan fingerprint density at radius 1 is 1.30 bits per heavy atom. The molecule has 0 N–H and O–H groups in total. The number of halogens is 2. The van der Waals surface area contributed by atoms with Gasteiger partial charge in [-0.3, -0.25) is 0 Å². The van der Waals surface area contributed by atoms with E-state index in [4.69, 9.17) is 0 Å². The quantitative estimate of drug-likeness (QED) is 0.626. The molecule has 1 heterocycles. The molecule has 0 aliphatic rings. The van der Waals surface area contributed by atoms with E-state index in [0.717, 1.165) is 0 Å². The largest absolute Gasteiger partial charge is 0.401 e. The highest BCUT2D eigenvalue weighted by atomic mass is 19.3. The van der Waals surface area contributed by atoms with Crippen molar-refractivity contribution in [1.82, 2.24) is 9.97 Å². The lowest BCUT2D eigenvalue weighted by atomic mass is 10.7. The van der Waals surface area contributed by atoms with Crippen molar-refractivity contribution in [3.05, 3.63) is 18.5 Å². The summed E-state index contributed by atoms with van der Waals surface area (Å²) in [5.41, 5.74) is 0. The Balaban J connectivity index is 2.59. The molecule has 0 atom stereocenters. The van der Waals surface area contributed by atoms with Crippen LogP contribution in [0.2, 0.25) is 0 Å². The van der Waals surface area contributed by atoms with Crippen molar-refractivity contribution >= 4 is 0 Å². The average Bonchev–Trinajstić information content (AvgIpc) is 1.88. The van der Waals surface area contributed by atoms with Gasteiger partial charge in [0.25, 0.3) is 0 Å². The summed E-state index contributed by atoms with van der Waals surface area (Å²) in [4.78, 5) is 6.81. The van der Waals surface area contributed by atoms with Gasteiger partial charge in [-0.1, -0.05) is 0 Å². The number of aromatic nitrogens is 2. The molecule has 0 unspecified atom stereocenters. The molecule has 0 aliphatic carbocycles. The number of rotatable bonds is 2. The molecule has 0 aliphatic heterocycles. The van der Waals surface area contributed by atoms with E-state index < -0.39 is 6.61 Å². The minimum atomic E-state index is -2.86. The van der Waals surface area contributed by atoms with E-state index in [1.807, 2.05) is 0 Å². The lowest BCUT2D eigenvalue weighted by molar-refractivity contribution is -0.0560. The minimum Gasteiger partial charge on any atom is -0.401 e. The highest BCUT2D eigenvalue weighted by Gasteiger charge is 2.03. The second kappa shape index (κ2) is 3.05. The van der Waals surface area contributed by atoms with Crippen LogP contribution in [-0.4, -0.2) is 16.6 Å². The Morgan fingerprint density at radius 3 is 2.40 bits per heavy atom. The van der Waals surface area contributed by atoms with Crippen LogP contribution < -0.4 is 4.74 Å². The summed E-state index contributed by atoms with van der Waals surface area (Å²) in [7, 11) is 0. The molecule has 10 heavy (non-hydrogen) atoms. The third-order valence-electron chi connectivity index (χ3n) is 0.737. The molecule has 0 fully saturated rings. The number of nitrogens with zero attached hydrogens (tertiary/aromatic N) is 2. The second-order valence-corrected chi connectivity index (χ2v) is 1.41. The van der Waals surface area contributed by atoms with Crippen LogP contribution in [0.5, 0.6) is 6.01 Å². The van der Waals surface area contributed by atoms with Gasteiger partial charge in [-0.05, 0) is 6.07 Å². The van der Waals surface area contributed by atoms with Gasteiger partial charge < -0.3 is 4.74 Å². The van der Waals surface area contributed by atoms with Crippen molar-refractivity contribution < 1.29 is 13.5 Å². The molecule has 0 bridgehead atoms. The van der Waals surface area contributed by atoms with Crippen molar-refractivity contribution in [3.63, 3.8) is 0 Å². The highest BCUT2D eigenvalue weighted by Crippen LogP contribution is 2.02. The van der Waals surface area contributed by atoms with Crippen molar-refractivity contribution in [3.8, 4) is 6.01 Å². The van der Waals surface area contributed by atoms with Gasteiger partial charge in [-0.25, -0.2) is 9.97 Å². The molecule has 54 valence electrons. The Hall–Kier alpha value is -1.26. The second-order valence-electron chi connectivity index (χ2n) is 1.41. The number of ether oxygens (including phenoxy) is 1. The topological polar surface area (TPSA) is 35.0 Å². The molecule has 0 saturated heterocycles. The van der Waals surface area contributed by atoms with E-state index in [1.54, 1.807) is 0 Å². The van der Waals surface area contributed by atoms with Crippen LogP contribution in [0.15, 0.2) is 18.5 Å². The summed E-state index contributed by atoms with van der Waals surface area (Å²) >= 11 is 0. The first-order chi connectivity index (χ1) is 4.79. The van der Waals surface area contributed by atoms with Crippen molar-refractivity contribution in [1.29, 1.82) is 0 Å². The van der Waals surface area contributed by atoms with E-state index in [1.165, 1.54) is 18.5 Å². The van der Waals surface area contributed by atoms with Crippen molar-refractivity contribution in [2.45, 2.75) is 6.61 Å². The van der Waals surface area contributed by atoms with E-state index in [9.17, 15) is 8.78 Å². The van der Waals surface area contributed by atoms with E-state index >= 15 is 0 Å². The van der Waals surface area contributed by atoms with Crippen LogP contribution in [0.25, 0.3) is 0 Å². The van der Waals surface area contributed by atoms with Crippen LogP contribution in [-0.2, 0) is 0 Å². The van der Waals surface area contributed by atoms with Gasteiger partial charge in [0.1, 0.15) is 0 Å². The lowest BCUT2D eigenvalue weighted by Gasteiger charge is -1.98. The molecule has 0 amide bonds. The zero-order chi connectivity index (χ0) is 7.40. The van der Waals surface area contributed by atoms with Crippen LogP contribution in [0.3, 0.4) is 0 Å². The zero-order valence-electron chi connectivity index (χ0n) is 4.87. The molecule has 0 radical (unpaired) electrons. The summed E-state index contributed by atoms with van der Waals surface area (Å²) in [6.45, 7) is -2.86. The molecule has 0 aromatic carbocycles. The Bertz CT molecular complexity index is 192. The van der Waals surface area contributed by atoms with E-state index in [0.29, 0.717) is 0 Å². The van der Waals surface area contributed by atoms with Gasteiger partial charge in [-0.15, -0.1) is 0 Å². The van der Waals surface area contributed by atoms with Crippen LogP contribution in [0, 0.1) is 0 Å². The smallest absolute Gasteiger partial charge is 0.389 e. The molecule has 3 nitrogen and oxygen atoms in total. The number of hydrogen-bond donors (Lipinski definition) is 0. The Morgan fingerprint density at radius 2 is 1.90 bits per heavy atom. The predicted molar refractivity (Wildman–Crippen MR) is 28.7 cm³/mol. The molecule has 0 saturated carbocycles. The average molecular weight is 146 g/mol. The van der Waals surface area contributed by atoms with Crippen LogP contribution in [0.1, 0.15) is 0 Å². The fraction of sp³-hybridized carbons (Fsp3) is 0.200. The van der Waals surface area contributed by atoms with Gasteiger partial charge >= 0.3 is 12.6 Å². The third kappa shape index (κ3) is 1.93. The van der Waals surface area contributed by atoms with Crippen LogP contribution in [0.4, 0.5) is 8.78 Å². The molecule has 1 aromatic heterocycles. The summed E-state index contributed by atoms with van der Waals surface area (Å²) in [6.07, 6.45) is 2.65. The van der Waals surface area contributed by atoms with Gasteiger partial charge in [-0.2, -0.15) is 8.78 Å². The van der Waals surface area contributed by atoms with Crippen LogP contribution >= 0.6 is 0 Å². The van der Waals surface area contributed by atoms with E-state index in [-0.39, 0.29) is 6.01 Å². The first-order valence-electron chi connectivity index (χ1n) is 2.51. The van der Waals surface area contributed by atoms with Crippen molar-refractivity contribution in [2.75, 3.05) is 0 Å². The fourth-order valence-electron chi connectivity index (χ4n) is 0.426. The summed E-state index contributed by atoms with van der Waals surface area (Å²) in [5, 5.41) is 0. The molecule has 1 rings (SSSR count). The first kappa shape index (κ1) is 6.85. The van der Waals surface area contributed by atoms with Gasteiger partial charge in [0, 0.05) is 12.4 Å². The monoisotopic (exact) mass is 146 g/mol. The summed E-state index contributed by atoms with van der Waals surface area (Å²) in [6, 6.07) is 1.20. The molecule has 1 aromatic rings. The fourth-order valence-corrected chi connectivity index (χ4v) is 0.426. The van der Waals surface area contributed by atoms with E-state index in [2.05, 4.69) is 14.7 Å². The number of alkyl halides is 2. The SMILES string of the molecule is FC(F)Oc1ncccn1. The highest BCUT2D eigenvalue weighted by molar-refractivity contribution is 4.92. The molecule has 0 spiro atoms. The normalized spacial score (nSPS) is 9.90. The maximum atomic E-state index is 11.4. The van der Waals surface area contributed by atoms with Gasteiger partial charge in [0.15, 0.2) is 0 Å². The molecule has 5 heteroatoms. The Labute approximate surface area is 55.7 Å². The standard InChI is InChI=1S/C5H4F2N2O/c6-4(7)10-5-8-2-1-3-9-5/h1-4H. The zero-order valence-corrected chi connectivity index (χ0v) is 4.87. The van der Waals surface area contributed by atoms with Gasteiger partial charge in [0.2, 0.25) is 0 Å². The Kier molecular flexibility index (Phi) is 2.09. The lowest BCUT2D eigenvalue weighted by Crippen LogP contribution is -2.04. The first-order valence-corrected chi connectivity index (χ1v) is 2.51. The molecular weight excluding hydrogens is 142 g/mol. The van der Waals surface area contributed by atoms with Gasteiger partial charge in [0.05, 0.1) is 0 Å². The maximum Gasteiger partial charge on any atom is 0.389 e.